The molecular formula is C32H46N4O7. The van der Waals surface area contributed by atoms with E-state index in [0.29, 0.717) is 43.1 Å². The van der Waals surface area contributed by atoms with Crippen molar-refractivity contribution in [3.05, 3.63) is 23.8 Å². The molecule has 2 amide bonds. The molecule has 4 N–H and O–H groups in total. The van der Waals surface area contributed by atoms with E-state index in [1.165, 1.54) is 29.4 Å². The van der Waals surface area contributed by atoms with Gasteiger partial charge >= 0.3 is 5.97 Å². The van der Waals surface area contributed by atoms with Crippen molar-refractivity contribution < 1.29 is 34.4 Å². The average molecular weight is 599 g/mol. The molecular weight excluding hydrogens is 552 g/mol. The van der Waals surface area contributed by atoms with Crippen LogP contribution >= 0.6 is 0 Å². The van der Waals surface area contributed by atoms with Gasteiger partial charge in [-0.2, -0.15) is 0 Å². The highest BCUT2D eigenvalue weighted by Crippen LogP contribution is 2.57. The maximum absolute atomic E-state index is 13.8. The number of esters is 1. The molecule has 1 aliphatic carbocycles. The van der Waals surface area contributed by atoms with Gasteiger partial charge in [-0.25, -0.2) is 9.79 Å². The van der Waals surface area contributed by atoms with Gasteiger partial charge in [-0.1, -0.05) is 33.8 Å². The lowest BCUT2D eigenvalue weighted by Crippen LogP contribution is -2.54. The SMILES string of the molecule is CC(CC1CCC(C)(C)C1(C)C)OC(=O)C1CCCN1C(=O)C(CC1=NC=NC1)NC(=O)C(O)Cc1ccc(O)c(O)c1. The fourth-order valence-electron chi connectivity index (χ4n) is 6.53. The Labute approximate surface area is 253 Å². The van der Waals surface area contributed by atoms with E-state index in [4.69, 9.17) is 4.74 Å². The van der Waals surface area contributed by atoms with Crippen molar-refractivity contribution in [3.63, 3.8) is 0 Å². The Balaban J connectivity index is 1.41. The average Bonchev–Trinajstić information content (AvgIpc) is 3.68. The number of aliphatic hydroxyl groups is 1. The summed E-state index contributed by atoms with van der Waals surface area (Å²) in [4.78, 5) is 49.9. The maximum atomic E-state index is 13.8. The minimum atomic E-state index is -1.52. The molecule has 1 saturated heterocycles. The number of hydrogen-bond donors (Lipinski definition) is 4. The zero-order valence-electron chi connectivity index (χ0n) is 25.9. The van der Waals surface area contributed by atoms with Crippen molar-refractivity contribution in [2.75, 3.05) is 13.1 Å². The summed E-state index contributed by atoms with van der Waals surface area (Å²) in [5, 5.41) is 32.5. The minimum Gasteiger partial charge on any atom is -0.504 e. The molecule has 0 spiro atoms. The molecule has 0 bridgehead atoms. The normalized spacial score (nSPS) is 24.3. The van der Waals surface area contributed by atoms with E-state index in [0.717, 1.165) is 19.3 Å². The molecule has 5 atom stereocenters. The summed E-state index contributed by atoms with van der Waals surface area (Å²) in [5.41, 5.74) is 1.36. The highest BCUT2D eigenvalue weighted by molar-refractivity contribution is 6.01. The second-order valence-corrected chi connectivity index (χ2v) is 13.5. The Morgan fingerprint density at radius 3 is 2.49 bits per heavy atom. The molecule has 0 radical (unpaired) electrons. The number of benzene rings is 1. The first-order chi connectivity index (χ1) is 20.2. The number of carbonyl (C=O) groups is 3. The number of phenols is 2. The number of carbonyl (C=O) groups excluding carboxylic acids is 3. The van der Waals surface area contributed by atoms with Crippen LogP contribution in [0.4, 0.5) is 0 Å². The third-order valence-electron chi connectivity index (χ3n) is 10.0. The molecule has 43 heavy (non-hydrogen) atoms. The standard InChI is InChI=1S/C32H46N4O7/c1-19(13-21-10-11-31(2,3)32(21,4)5)43-30(42)24-7-6-12-36(24)29(41)23(16-22-17-33-18-34-22)35-28(40)27(39)15-20-8-9-25(37)26(38)14-20/h8-9,14,18-19,21,23-24,27,37-39H,6-7,10-13,15-17H2,1-5H3,(H,35,40). The Bertz CT molecular complexity index is 1270. The van der Waals surface area contributed by atoms with Crippen molar-refractivity contribution in [1.82, 2.24) is 10.2 Å². The number of rotatable bonds is 11. The molecule has 4 rings (SSSR count). The van der Waals surface area contributed by atoms with Crippen LogP contribution in [-0.2, 0) is 25.5 Å². The predicted molar refractivity (Wildman–Crippen MR) is 162 cm³/mol. The van der Waals surface area contributed by atoms with Gasteiger partial charge in [0.25, 0.3) is 0 Å². The first-order valence-corrected chi connectivity index (χ1v) is 15.2. The second-order valence-electron chi connectivity index (χ2n) is 13.5. The summed E-state index contributed by atoms with van der Waals surface area (Å²) in [7, 11) is 0. The van der Waals surface area contributed by atoms with Crippen molar-refractivity contribution in [1.29, 1.82) is 0 Å². The Morgan fingerprint density at radius 1 is 1.12 bits per heavy atom. The fraction of sp³-hybridized carbons (Fsp3) is 0.656. The molecule has 1 aromatic rings. The number of aromatic hydroxyl groups is 2. The van der Waals surface area contributed by atoms with Gasteiger partial charge in [0.2, 0.25) is 11.8 Å². The van der Waals surface area contributed by atoms with Crippen LogP contribution in [0, 0.1) is 16.7 Å². The van der Waals surface area contributed by atoms with Gasteiger partial charge in [0.05, 0.1) is 12.6 Å². The predicted octanol–water partition coefficient (Wildman–Crippen LogP) is 3.13. The number of aliphatic imine (C=N–C) groups is 2. The summed E-state index contributed by atoms with van der Waals surface area (Å²) in [6.07, 6.45) is 3.60. The lowest BCUT2D eigenvalue weighted by Gasteiger charge is -2.40. The van der Waals surface area contributed by atoms with Crippen molar-refractivity contribution in [3.8, 4) is 11.5 Å². The Morgan fingerprint density at radius 2 is 1.86 bits per heavy atom. The number of hydrogen-bond acceptors (Lipinski definition) is 9. The third kappa shape index (κ3) is 7.37. The zero-order chi connectivity index (χ0) is 31.5. The minimum absolute atomic E-state index is 0.0819. The summed E-state index contributed by atoms with van der Waals surface area (Å²) in [6.45, 7) is 11.7. The molecule has 2 heterocycles. The van der Waals surface area contributed by atoms with Crippen LogP contribution in [0.15, 0.2) is 28.2 Å². The van der Waals surface area contributed by atoms with Crippen LogP contribution in [0.1, 0.15) is 78.7 Å². The first-order valence-electron chi connectivity index (χ1n) is 15.2. The topological polar surface area (TPSA) is 161 Å². The van der Waals surface area contributed by atoms with E-state index in [1.807, 2.05) is 6.92 Å². The monoisotopic (exact) mass is 598 g/mol. The number of amides is 2. The van der Waals surface area contributed by atoms with Crippen LogP contribution in [0.3, 0.4) is 0 Å². The molecule has 11 nitrogen and oxygen atoms in total. The highest BCUT2D eigenvalue weighted by atomic mass is 16.5. The smallest absolute Gasteiger partial charge is 0.329 e. The maximum Gasteiger partial charge on any atom is 0.329 e. The van der Waals surface area contributed by atoms with Crippen LogP contribution < -0.4 is 5.32 Å². The molecule has 3 aliphatic rings. The number of likely N-dealkylation sites (tertiary alicyclic amines) is 1. The van der Waals surface area contributed by atoms with Gasteiger partial charge in [-0.3, -0.25) is 14.6 Å². The highest BCUT2D eigenvalue weighted by Gasteiger charge is 2.49. The van der Waals surface area contributed by atoms with E-state index in [9.17, 15) is 29.7 Å². The zero-order valence-corrected chi connectivity index (χ0v) is 25.9. The van der Waals surface area contributed by atoms with Crippen molar-refractivity contribution >= 4 is 29.8 Å². The number of nitrogens with zero attached hydrogens (tertiary/aromatic N) is 3. The van der Waals surface area contributed by atoms with Crippen LogP contribution in [0.5, 0.6) is 11.5 Å². The fourth-order valence-corrected chi connectivity index (χ4v) is 6.53. The van der Waals surface area contributed by atoms with Gasteiger partial charge in [-0.05, 0) is 73.5 Å². The van der Waals surface area contributed by atoms with Crippen molar-refractivity contribution in [2.24, 2.45) is 26.7 Å². The molecule has 2 fully saturated rings. The van der Waals surface area contributed by atoms with E-state index in [2.05, 4.69) is 43.0 Å². The van der Waals surface area contributed by atoms with Crippen LogP contribution in [0.2, 0.25) is 0 Å². The second kappa shape index (κ2) is 13.0. The Hall–Kier alpha value is -3.47. The molecule has 0 aromatic heterocycles. The van der Waals surface area contributed by atoms with Gasteiger partial charge in [0, 0.05) is 25.1 Å². The lowest BCUT2D eigenvalue weighted by atomic mass is 9.66. The van der Waals surface area contributed by atoms with Gasteiger partial charge in [0.15, 0.2) is 11.5 Å². The molecule has 1 saturated carbocycles. The molecule has 236 valence electrons. The van der Waals surface area contributed by atoms with E-state index < -0.39 is 36.0 Å². The van der Waals surface area contributed by atoms with E-state index in [1.54, 1.807) is 0 Å². The van der Waals surface area contributed by atoms with Crippen LogP contribution in [-0.4, -0.2) is 87.4 Å². The van der Waals surface area contributed by atoms with Crippen LogP contribution in [0.25, 0.3) is 0 Å². The van der Waals surface area contributed by atoms with Gasteiger partial charge in [0.1, 0.15) is 24.5 Å². The summed E-state index contributed by atoms with van der Waals surface area (Å²) in [5.74, 6) is -1.91. The molecule has 5 unspecified atom stereocenters. The summed E-state index contributed by atoms with van der Waals surface area (Å²) in [6, 6.07) is 2.18. The number of phenolic OH excluding ortho intramolecular Hbond substituents is 2. The van der Waals surface area contributed by atoms with Gasteiger partial charge < -0.3 is 30.3 Å². The number of aliphatic hydroxyl groups excluding tert-OH is 1. The van der Waals surface area contributed by atoms with Gasteiger partial charge in [-0.15, -0.1) is 0 Å². The largest absolute Gasteiger partial charge is 0.504 e. The van der Waals surface area contributed by atoms with Crippen molar-refractivity contribution in [2.45, 2.75) is 104 Å². The quantitative estimate of drug-likeness (QED) is 0.225. The number of nitrogens with one attached hydrogen (secondary N) is 1. The molecule has 1 aromatic carbocycles. The van der Waals surface area contributed by atoms with E-state index in [-0.39, 0.29) is 41.3 Å². The lowest BCUT2D eigenvalue weighted by molar-refractivity contribution is -0.159. The summed E-state index contributed by atoms with van der Waals surface area (Å²) >= 11 is 0. The first kappa shape index (κ1) is 32.4. The van der Waals surface area contributed by atoms with E-state index >= 15 is 0 Å². The molecule has 11 heteroatoms. The molecule has 2 aliphatic heterocycles. The number of ether oxygens (including phenoxy) is 1. The summed E-state index contributed by atoms with van der Waals surface area (Å²) < 4.78 is 5.91. The Kier molecular flexibility index (Phi) is 9.83. The third-order valence-corrected chi connectivity index (χ3v) is 10.0.